The van der Waals surface area contributed by atoms with Gasteiger partial charge in [-0.3, -0.25) is 16.3 Å². The van der Waals surface area contributed by atoms with Gasteiger partial charge >= 0.3 is 0 Å². The van der Waals surface area contributed by atoms with Gasteiger partial charge < -0.3 is 0 Å². The van der Waals surface area contributed by atoms with E-state index in [2.05, 4.69) is 34.7 Å². The number of nitrogens with two attached hydrogens (primary N) is 1. The molecule has 1 saturated carbocycles. The molecule has 0 spiro atoms. The van der Waals surface area contributed by atoms with E-state index in [1.54, 1.807) is 0 Å². The van der Waals surface area contributed by atoms with Crippen LogP contribution in [-0.2, 0) is 0 Å². The molecule has 1 heterocycles. The van der Waals surface area contributed by atoms with Crippen molar-refractivity contribution in [2.24, 2.45) is 11.8 Å². The summed E-state index contributed by atoms with van der Waals surface area (Å²) in [5, 5.41) is 2.45. The molecule has 3 N–H and O–H groups in total. The molecular formula is C16H21N3. The third-order valence-corrected chi connectivity index (χ3v) is 4.32. The average Bonchev–Trinajstić information content (AvgIpc) is 2.97. The summed E-state index contributed by atoms with van der Waals surface area (Å²) in [6.45, 7) is 0. The van der Waals surface area contributed by atoms with Gasteiger partial charge in [-0.25, -0.2) is 0 Å². The largest absolute Gasteiger partial charge is 0.271 e. The molecule has 1 fully saturated rings. The summed E-state index contributed by atoms with van der Waals surface area (Å²) in [4.78, 5) is 4.36. The smallest absolute Gasteiger partial charge is 0.0484 e. The molecule has 0 amide bonds. The van der Waals surface area contributed by atoms with Gasteiger partial charge in [-0.1, -0.05) is 49.9 Å². The van der Waals surface area contributed by atoms with Crippen LogP contribution in [0.3, 0.4) is 0 Å². The van der Waals surface area contributed by atoms with Gasteiger partial charge in [0, 0.05) is 23.8 Å². The first kappa shape index (κ1) is 12.6. The zero-order chi connectivity index (χ0) is 13.1. The van der Waals surface area contributed by atoms with E-state index in [4.69, 9.17) is 5.84 Å². The second-order valence-electron chi connectivity index (χ2n) is 5.56. The van der Waals surface area contributed by atoms with Crippen LogP contribution in [0.4, 0.5) is 0 Å². The van der Waals surface area contributed by atoms with Crippen LogP contribution in [0.15, 0.2) is 36.7 Å². The van der Waals surface area contributed by atoms with Crippen LogP contribution in [0.25, 0.3) is 10.8 Å². The van der Waals surface area contributed by atoms with Gasteiger partial charge in [-0.15, -0.1) is 0 Å². The Balaban J connectivity index is 1.91. The number of hydrazine groups is 1. The minimum atomic E-state index is 0.210. The van der Waals surface area contributed by atoms with Gasteiger partial charge in [0.25, 0.3) is 0 Å². The molecule has 1 aliphatic rings. The molecule has 1 aromatic heterocycles. The minimum absolute atomic E-state index is 0.210. The Morgan fingerprint density at radius 3 is 2.79 bits per heavy atom. The fourth-order valence-electron chi connectivity index (χ4n) is 3.28. The van der Waals surface area contributed by atoms with E-state index in [9.17, 15) is 0 Å². The Morgan fingerprint density at radius 2 is 2.00 bits per heavy atom. The number of rotatable bonds is 4. The third-order valence-electron chi connectivity index (χ3n) is 4.32. The molecule has 3 rings (SSSR count). The van der Waals surface area contributed by atoms with Crippen molar-refractivity contribution < 1.29 is 0 Å². The van der Waals surface area contributed by atoms with E-state index >= 15 is 0 Å². The maximum Gasteiger partial charge on any atom is 0.0484 e. The SMILES string of the molecule is NNC(CC1CCCC1)c1cncc2ccccc12. The molecule has 100 valence electrons. The second kappa shape index (κ2) is 5.68. The topological polar surface area (TPSA) is 50.9 Å². The summed E-state index contributed by atoms with van der Waals surface area (Å²) >= 11 is 0. The second-order valence-corrected chi connectivity index (χ2v) is 5.56. The van der Waals surface area contributed by atoms with Crippen molar-refractivity contribution in [3.63, 3.8) is 0 Å². The van der Waals surface area contributed by atoms with E-state index in [1.807, 2.05) is 12.4 Å². The van der Waals surface area contributed by atoms with Crippen molar-refractivity contribution >= 4 is 10.8 Å². The maximum atomic E-state index is 5.80. The van der Waals surface area contributed by atoms with E-state index in [-0.39, 0.29) is 6.04 Å². The lowest BCUT2D eigenvalue weighted by atomic mass is 9.92. The van der Waals surface area contributed by atoms with Crippen LogP contribution in [0.1, 0.15) is 43.7 Å². The molecule has 0 saturated heterocycles. The van der Waals surface area contributed by atoms with Crippen molar-refractivity contribution in [2.45, 2.75) is 38.1 Å². The number of nitrogens with one attached hydrogen (secondary N) is 1. The van der Waals surface area contributed by atoms with Gasteiger partial charge in [0.05, 0.1) is 0 Å². The lowest BCUT2D eigenvalue weighted by molar-refractivity contribution is 0.401. The van der Waals surface area contributed by atoms with Crippen molar-refractivity contribution in [1.29, 1.82) is 0 Å². The molecule has 3 heteroatoms. The standard InChI is InChI=1S/C16H21N3/c17-19-16(9-12-5-1-2-6-12)15-11-18-10-13-7-3-4-8-14(13)15/h3-4,7-8,10-12,16,19H,1-2,5-6,9,17H2. The van der Waals surface area contributed by atoms with Crippen molar-refractivity contribution in [3.8, 4) is 0 Å². The number of hydrogen-bond donors (Lipinski definition) is 2. The molecule has 1 atom stereocenters. The zero-order valence-electron chi connectivity index (χ0n) is 11.2. The predicted molar refractivity (Wildman–Crippen MR) is 78.4 cm³/mol. The summed E-state index contributed by atoms with van der Waals surface area (Å²) in [7, 11) is 0. The minimum Gasteiger partial charge on any atom is -0.271 e. The van der Waals surface area contributed by atoms with Crippen LogP contribution < -0.4 is 11.3 Å². The first-order valence-corrected chi connectivity index (χ1v) is 7.17. The van der Waals surface area contributed by atoms with Crippen molar-refractivity contribution in [2.75, 3.05) is 0 Å². The van der Waals surface area contributed by atoms with Gasteiger partial charge in [-0.2, -0.15) is 0 Å². The lowest BCUT2D eigenvalue weighted by Gasteiger charge is -2.21. The van der Waals surface area contributed by atoms with E-state index in [1.165, 1.54) is 42.0 Å². The van der Waals surface area contributed by atoms with Gasteiger partial charge in [0.15, 0.2) is 0 Å². The summed E-state index contributed by atoms with van der Waals surface area (Å²) in [5.41, 5.74) is 4.23. The van der Waals surface area contributed by atoms with E-state index in [0.717, 1.165) is 12.3 Å². The maximum absolute atomic E-state index is 5.80. The Morgan fingerprint density at radius 1 is 1.21 bits per heavy atom. The fourth-order valence-corrected chi connectivity index (χ4v) is 3.28. The number of aromatic nitrogens is 1. The van der Waals surface area contributed by atoms with Crippen LogP contribution in [0.5, 0.6) is 0 Å². The highest BCUT2D eigenvalue weighted by Crippen LogP contribution is 2.34. The third kappa shape index (κ3) is 2.62. The Hall–Kier alpha value is -1.45. The van der Waals surface area contributed by atoms with Crippen LogP contribution in [0, 0.1) is 5.92 Å². The number of fused-ring (bicyclic) bond motifs is 1. The highest BCUT2D eigenvalue weighted by Gasteiger charge is 2.21. The summed E-state index contributed by atoms with van der Waals surface area (Å²) < 4.78 is 0. The quantitative estimate of drug-likeness (QED) is 0.651. The summed E-state index contributed by atoms with van der Waals surface area (Å²) in [5.74, 6) is 6.60. The molecule has 1 unspecified atom stereocenters. The van der Waals surface area contributed by atoms with Crippen LogP contribution >= 0.6 is 0 Å². The summed E-state index contributed by atoms with van der Waals surface area (Å²) in [6, 6.07) is 8.60. The first-order valence-electron chi connectivity index (χ1n) is 7.17. The summed E-state index contributed by atoms with van der Waals surface area (Å²) in [6.07, 6.45) is 10.4. The number of pyridine rings is 1. The van der Waals surface area contributed by atoms with Crippen molar-refractivity contribution in [1.82, 2.24) is 10.4 Å². The van der Waals surface area contributed by atoms with E-state index < -0.39 is 0 Å². The van der Waals surface area contributed by atoms with Gasteiger partial charge in [0.2, 0.25) is 0 Å². The molecule has 0 bridgehead atoms. The molecule has 0 radical (unpaired) electrons. The lowest BCUT2D eigenvalue weighted by Crippen LogP contribution is -2.29. The monoisotopic (exact) mass is 255 g/mol. The molecule has 2 aromatic rings. The molecule has 19 heavy (non-hydrogen) atoms. The Kier molecular flexibility index (Phi) is 3.76. The average molecular weight is 255 g/mol. The van der Waals surface area contributed by atoms with Crippen LogP contribution in [-0.4, -0.2) is 4.98 Å². The van der Waals surface area contributed by atoms with Crippen LogP contribution in [0.2, 0.25) is 0 Å². The van der Waals surface area contributed by atoms with Gasteiger partial charge in [-0.05, 0) is 23.3 Å². The van der Waals surface area contributed by atoms with Crippen molar-refractivity contribution in [3.05, 3.63) is 42.2 Å². The number of nitrogens with zero attached hydrogens (tertiary/aromatic N) is 1. The highest BCUT2D eigenvalue weighted by atomic mass is 15.2. The molecular weight excluding hydrogens is 234 g/mol. The molecule has 1 aromatic carbocycles. The van der Waals surface area contributed by atoms with Gasteiger partial charge in [0.1, 0.15) is 0 Å². The Bertz CT molecular complexity index is 541. The zero-order valence-corrected chi connectivity index (χ0v) is 11.2. The molecule has 0 aliphatic heterocycles. The normalized spacial score (nSPS) is 17.9. The first-order chi connectivity index (χ1) is 9.38. The fraction of sp³-hybridized carbons (Fsp3) is 0.438. The molecule has 1 aliphatic carbocycles. The Labute approximate surface area is 114 Å². The molecule has 3 nitrogen and oxygen atoms in total. The predicted octanol–water partition coefficient (Wildman–Crippen LogP) is 3.32. The number of benzene rings is 1. The number of hydrogen-bond acceptors (Lipinski definition) is 3. The van der Waals surface area contributed by atoms with E-state index in [0.29, 0.717) is 0 Å². The highest BCUT2D eigenvalue weighted by molar-refractivity contribution is 5.85.